The second-order valence-corrected chi connectivity index (χ2v) is 5.74. The van der Waals surface area contributed by atoms with Crippen LogP contribution in [0, 0.1) is 0 Å². The Morgan fingerprint density at radius 2 is 2.23 bits per heavy atom. The molecule has 0 atom stereocenters. The van der Waals surface area contributed by atoms with E-state index in [1.54, 1.807) is 7.11 Å². The van der Waals surface area contributed by atoms with Gasteiger partial charge in [-0.25, -0.2) is 4.98 Å². The largest absolute Gasteiger partial charge is 0.385 e. The molecule has 1 aromatic heterocycles. The number of aromatic nitrogens is 1. The number of methoxy groups -OCH3 is 1. The summed E-state index contributed by atoms with van der Waals surface area (Å²) in [6, 6.07) is 7.94. The first-order valence-corrected chi connectivity index (χ1v) is 8.11. The molecule has 0 spiro atoms. The highest BCUT2D eigenvalue weighted by Crippen LogP contribution is 2.27. The number of ether oxygens (including phenoxy) is 1. The van der Waals surface area contributed by atoms with Crippen molar-refractivity contribution in [3.05, 3.63) is 40.9 Å². The van der Waals surface area contributed by atoms with E-state index in [1.807, 2.05) is 29.6 Å². The second-order valence-electron chi connectivity index (χ2n) is 4.88. The summed E-state index contributed by atoms with van der Waals surface area (Å²) in [5, 5.41) is 5.70. The number of benzene rings is 1. The smallest absolute Gasteiger partial charge is 0.226 e. The van der Waals surface area contributed by atoms with Crippen molar-refractivity contribution in [2.45, 2.75) is 19.4 Å². The van der Waals surface area contributed by atoms with E-state index in [0.29, 0.717) is 26.1 Å². The minimum atomic E-state index is -0.0138. The molecule has 1 heterocycles. The van der Waals surface area contributed by atoms with E-state index in [0.717, 1.165) is 28.2 Å². The third-order valence-corrected chi connectivity index (χ3v) is 4.13. The summed E-state index contributed by atoms with van der Waals surface area (Å²) in [6.07, 6.45) is 1.11. The van der Waals surface area contributed by atoms with Crippen molar-refractivity contribution in [2.75, 3.05) is 20.3 Å². The highest BCUT2D eigenvalue weighted by molar-refractivity contribution is 7.13. The molecule has 1 amide bonds. The van der Waals surface area contributed by atoms with E-state index < -0.39 is 0 Å². The third-order valence-electron chi connectivity index (χ3n) is 3.21. The number of carbonyl (C=O) groups excluding carboxylic acids is 1. The highest BCUT2D eigenvalue weighted by Gasteiger charge is 2.10. The lowest BCUT2D eigenvalue weighted by atomic mass is 10.1. The molecule has 0 aliphatic heterocycles. The van der Waals surface area contributed by atoms with E-state index in [2.05, 4.69) is 10.3 Å². The lowest BCUT2D eigenvalue weighted by Gasteiger charge is -2.04. The van der Waals surface area contributed by atoms with E-state index >= 15 is 0 Å². The van der Waals surface area contributed by atoms with E-state index in [9.17, 15) is 4.79 Å². The molecule has 2 aromatic rings. The number of hydrogen-bond donors (Lipinski definition) is 2. The Balaban J connectivity index is 1.95. The Kier molecular flexibility index (Phi) is 6.51. The number of nitrogens with two attached hydrogens (primary N) is 1. The van der Waals surface area contributed by atoms with E-state index in [1.165, 1.54) is 11.3 Å². The Morgan fingerprint density at radius 3 is 3.00 bits per heavy atom. The number of hydrogen-bond acceptors (Lipinski definition) is 5. The molecular formula is C16H21N3O2S. The zero-order chi connectivity index (χ0) is 15.8. The molecule has 0 unspecified atom stereocenters. The molecule has 0 radical (unpaired) electrons. The van der Waals surface area contributed by atoms with Crippen molar-refractivity contribution in [1.29, 1.82) is 0 Å². The van der Waals surface area contributed by atoms with Gasteiger partial charge in [-0.1, -0.05) is 24.3 Å². The SMILES string of the molecule is COCCCNC(=O)Cc1csc(-c2ccccc2CN)n1. The molecule has 6 heteroatoms. The van der Waals surface area contributed by atoms with Gasteiger partial charge in [-0.15, -0.1) is 11.3 Å². The summed E-state index contributed by atoms with van der Waals surface area (Å²) in [4.78, 5) is 16.4. The molecule has 0 aliphatic carbocycles. The number of thiazole rings is 1. The predicted molar refractivity (Wildman–Crippen MR) is 88.6 cm³/mol. The van der Waals surface area contributed by atoms with Gasteiger partial charge in [0.1, 0.15) is 5.01 Å². The molecule has 0 saturated heterocycles. The third kappa shape index (κ3) is 4.62. The molecule has 0 saturated carbocycles. The molecule has 5 nitrogen and oxygen atoms in total. The van der Waals surface area contributed by atoms with Crippen LogP contribution < -0.4 is 11.1 Å². The van der Waals surface area contributed by atoms with Gasteiger partial charge in [0.15, 0.2) is 0 Å². The van der Waals surface area contributed by atoms with Gasteiger partial charge in [0.05, 0.1) is 12.1 Å². The zero-order valence-electron chi connectivity index (χ0n) is 12.7. The van der Waals surface area contributed by atoms with Crippen LogP contribution in [0.4, 0.5) is 0 Å². The van der Waals surface area contributed by atoms with E-state index in [-0.39, 0.29) is 5.91 Å². The van der Waals surface area contributed by atoms with Crippen molar-refractivity contribution < 1.29 is 9.53 Å². The summed E-state index contributed by atoms with van der Waals surface area (Å²) in [5.74, 6) is -0.0138. The Hall–Kier alpha value is -1.76. The Morgan fingerprint density at radius 1 is 1.41 bits per heavy atom. The summed E-state index contributed by atoms with van der Waals surface area (Å²) in [5.41, 5.74) is 8.65. The quantitative estimate of drug-likeness (QED) is 0.729. The maximum Gasteiger partial charge on any atom is 0.226 e. The summed E-state index contributed by atoms with van der Waals surface area (Å²) in [7, 11) is 1.65. The molecule has 0 aliphatic rings. The topological polar surface area (TPSA) is 77.2 Å². The van der Waals surface area contributed by atoms with Gasteiger partial charge < -0.3 is 15.8 Å². The van der Waals surface area contributed by atoms with Crippen LogP contribution in [0.5, 0.6) is 0 Å². The lowest BCUT2D eigenvalue weighted by molar-refractivity contribution is -0.120. The van der Waals surface area contributed by atoms with Crippen LogP contribution in [0.25, 0.3) is 10.6 Å². The van der Waals surface area contributed by atoms with Gasteiger partial charge in [-0.3, -0.25) is 4.79 Å². The minimum absolute atomic E-state index is 0.0138. The first kappa shape index (κ1) is 16.6. The van der Waals surface area contributed by atoms with Crippen LogP contribution in [-0.4, -0.2) is 31.2 Å². The van der Waals surface area contributed by atoms with Gasteiger partial charge in [-0.2, -0.15) is 0 Å². The summed E-state index contributed by atoms with van der Waals surface area (Å²) < 4.78 is 4.94. The van der Waals surface area contributed by atoms with Crippen LogP contribution >= 0.6 is 11.3 Å². The van der Waals surface area contributed by atoms with Gasteiger partial charge in [0.25, 0.3) is 0 Å². The van der Waals surface area contributed by atoms with Gasteiger partial charge in [0.2, 0.25) is 5.91 Å². The fraction of sp³-hybridized carbons (Fsp3) is 0.375. The average molecular weight is 319 g/mol. The predicted octanol–water partition coefficient (Wildman–Crippen LogP) is 1.96. The molecule has 0 fully saturated rings. The number of carbonyl (C=O) groups is 1. The monoisotopic (exact) mass is 319 g/mol. The van der Waals surface area contributed by atoms with Crippen LogP contribution in [0.1, 0.15) is 17.7 Å². The Bertz CT molecular complexity index is 613. The zero-order valence-corrected chi connectivity index (χ0v) is 13.5. The van der Waals surface area contributed by atoms with Crippen molar-refractivity contribution in [3.8, 4) is 10.6 Å². The normalized spacial score (nSPS) is 10.6. The molecule has 0 bridgehead atoms. The minimum Gasteiger partial charge on any atom is -0.385 e. The maximum absolute atomic E-state index is 11.8. The van der Waals surface area contributed by atoms with Gasteiger partial charge in [-0.05, 0) is 12.0 Å². The summed E-state index contributed by atoms with van der Waals surface area (Å²) >= 11 is 1.54. The second kappa shape index (κ2) is 8.63. The Labute approximate surface area is 134 Å². The lowest BCUT2D eigenvalue weighted by Crippen LogP contribution is -2.26. The highest BCUT2D eigenvalue weighted by atomic mass is 32.1. The fourth-order valence-electron chi connectivity index (χ4n) is 2.09. The van der Waals surface area contributed by atoms with Crippen LogP contribution in [-0.2, 0) is 22.5 Å². The average Bonchev–Trinajstić information content (AvgIpc) is 2.99. The van der Waals surface area contributed by atoms with Crippen LogP contribution in [0.3, 0.4) is 0 Å². The molecule has 2 rings (SSSR count). The van der Waals surface area contributed by atoms with Crippen LogP contribution in [0.2, 0.25) is 0 Å². The number of rotatable bonds is 8. The molecule has 22 heavy (non-hydrogen) atoms. The van der Waals surface area contributed by atoms with E-state index in [4.69, 9.17) is 10.5 Å². The molecule has 118 valence electrons. The maximum atomic E-state index is 11.8. The molecular weight excluding hydrogens is 298 g/mol. The molecule has 3 N–H and O–H groups in total. The number of amides is 1. The first-order chi connectivity index (χ1) is 10.7. The van der Waals surface area contributed by atoms with Crippen molar-refractivity contribution >= 4 is 17.2 Å². The first-order valence-electron chi connectivity index (χ1n) is 7.23. The number of nitrogens with one attached hydrogen (secondary N) is 1. The molecule has 1 aromatic carbocycles. The van der Waals surface area contributed by atoms with Crippen LogP contribution in [0.15, 0.2) is 29.6 Å². The summed E-state index contributed by atoms with van der Waals surface area (Å²) in [6.45, 7) is 1.75. The van der Waals surface area contributed by atoms with Crippen molar-refractivity contribution in [1.82, 2.24) is 10.3 Å². The number of nitrogens with zero attached hydrogens (tertiary/aromatic N) is 1. The standard InChI is InChI=1S/C16H21N3O2S/c1-21-8-4-7-18-15(20)9-13-11-22-16(19-13)14-6-3-2-5-12(14)10-17/h2-3,5-6,11H,4,7-10,17H2,1H3,(H,18,20). The van der Waals surface area contributed by atoms with Crippen molar-refractivity contribution in [3.63, 3.8) is 0 Å². The fourth-order valence-corrected chi connectivity index (χ4v) is 2.97. The van der Waals surface area contributed by atoms with Gasteiger partial charge in [0, 0.05) is 37.7 Å². The van der Waals surface area contributed by atoms with Gasteiger partial charge >= 0.3 is 0 Å². The van der Waals surface area contributed by atoms with Crippen molar-refractivity contribution in [2.24, 2.45) is 5.73 Å².